The number of benzene rings is 2. The molecule has 0 bridgehead atoms. The molecule has 0 saturated carbocycles. The molecule has 0 radical (unpaired) electrons. The molecule has 1 heterocycles. The van der Waals surface area contributed by atoms with E-state index < -0.39 is 5.97 Å². The van der Waals surface area contributed by atoms with E-state index in [0.717, 1.165) is 23.9 Å². The van der Waals surface area contributed by atoms with E-state index in [0.29, 0.717) is 0 Å². The first-order chi connectivity index (χ1) is 9.74. The Labute approximate surface area is 118 Å². The number of carbonyl (C=O) groups excluding carboxylic acids is 1. The molecule has 1 saturated heterocycles. The highest BCUT2D eigenvalue weighted by Gasteiger charge is 2.10. The number of carboxylic acid groups (broad SMARTS) is 1. The van der Waals surface area contributed by atoms with Crippen molar-refractivity contribution in [1.29, 1.82) is 0 Å². The van der Waals surface area contributed by atoms with E-state index in [2.05, 4.69) is 17.0 Å². The zero-order valence-corrected chi connectivity index (χ0v) is 11.5. The Balaban J connectivity index is 1.94. The quantitative estimate of drug-likeness (QED) is 0.840. The summed E-state index contributed by atoms with van der Waals surface area (Å²) in [5.41, 5.74) is 1.47. The summed E-state index contributed by atoms with van der Waals surface area (Å²) in [6.07, 6.45) is 5.14. The number of carboxylic acids is 1. The summed E-state index contributed by atoms with van der Waals surface area (Å²) in [4.78, 5) is 13.3. The molecule has 0 aliphatic carbocycles. The molecule has 0 unspecified atom stereocenters. The van der Waals surface area contributed by atoms with Crippen molar-refractivity contribution in [2.24, 2.45) is 0 Å². The topological polar surface area (TPSA) is 43.4 Å². The number of nitrogens with zero attached hydrogens (tertiary/aromatic N) is 1. The molecular weight excluding hydrogens is 250 g/mol. The van der Waals surface area contributed by atoms with Crippen molar-refractivity contribution in [3.05, 3.63) is 42.0 Å². The van der Waals surface area contributed by atoms with E-state index in [1.807, 2.05) is 12.1 Å². The van der Waals surface area contributed by atoms with Crippen LogP contribution in [-0.2, 0) is 0 Å². The number of fused-ring (bicyclic) bond motifs is 1. The first kappa shape index (κ1) is 13.0. The molecule has 3 nitrogen and oxygen atoms in total. The second kappa shape index (κ2) is 5.53. The lowest BCUT2D eigenvalue weighted by atomic mass is 10.1. The summed E-state index contributed by atoms with van der Waals surface area (Å²) in [7, 11) is 0. The Morgan fingerprint density at radius 3 is 2.25 bits per heavy atom. The fourth-order valence-electron chi connectivity index (χ4n) is 2.89. The van der Waals surface area contributed by atoms with Crippen LogP contribution in [0.25, 0.3) is 10.8 Å². The van der Waals surface area contributed by atoms with E-state index in [4.69, 9.17) is 0 Å². The molecule has 104 valence electrons. The number of hydrogen-bond acceptors (Lipinski definition) is 3. The van der Waals surface area contributed by atoms with E-state index >= 15 is 0 Å². The summed E-state index contributed by atoms with van der Waals surface area (Å²) in [5.74, 6) is -1.12. The van der Waals surface area contributed by atoms with Gasteiger partial charge in [-0.2, -0.15) is 0 Å². The smallest absolute Gasteiger partial charge is 0.0715 e. The lowest BCUT2D eigenvalue weighted by molar-refractivity contribution is -0.255. The van der Waals surface area contributed by atoms with Gasteiger partial charge in [-0.25, -0.2) is 0 Å². The van der Waals surface area contributed by atoms with Gasteiger partial charge in [0.1, 0.15) is 0 Å². The van der Waals surface area contributed by atoms with Gasteiger partial charge >= 0.3 is 0 Å². The Morgan fingerprint density at radius 2 is 1.55 bits per heavy atom. The zero-order valence-electron chi connectivity index (χ0n) is 11.5. The summed E-state index contributed by atoms with van der Waals surface area (Å²) in [6.45, 7) is 2.23. The third-order valence-corrected chi connectivity index (χ3v) is 4.03. The minimum atomic E-state index is -1.12. The minimum absolute atomic E-state index is 0.236. The molecule has 2 aromatic rings. The summed E-state index contributed by atoms with van der Waals surface area (Å²) in [5, 5.41) is 12.9. The van der Waals surface area contributed by atoms with Crippen molar-refractivity contribution in [3.63, 3.8) is 0 Å². The Kier molecular flexibility index (Phi) is 3.59. The summed E-state index contributed by atoms with van der Waals surface area (Å²) >= 11 is 0. The molecule has 20 heavy (non-hydrogen) atoms. The van der Waals surface area contributed by atoms with Crippen molar-refractivity contribution in [2.45, 2.75) is 25.7 Å². The van der Waals surface area contributed by atoms with E-state index in [1.54, 1.807) is 12.1 Å². The maximum absolute atomic E-state index is 10.9. The molecular formula is C17H18NO2-. The van der Waals surface area contributed by atoms with Crippen LogP contribution >= 0.6 is 0 Å². The maximum atomic E-state index is 10.9. The highest BCUT2D eigenvalue weighted by molar-refractivity contribution is 5.94. The monoisotopic (exact) mass is 268 g/mol. The third kappa shape index (κ3) is 2.62. The Bertz CT molecular complexity index is 628. The molecule has 1 aliphatic heterocycles. The van der Waals surface area contributed by atoms with Gasteiger partial charge in [-0.05, 0) is 47.4 Å². The molecule has 0 aromatic heterocycles. The van der Waals surface area contributed by atoms with Crippen LogP contribution in [0, 0.1) is 0 Å². The molecule has 3 heteroatoms. The molecule has 1 aliphatic rings. The van der Waals surface area contributed by atoms with Gasteiger partial charge in [0.2, 0.25) is 0 Å². The number of aromatic carboxylic acids is 1. The predicted molar refractivity (Wildman–Crippen MR) is 79.0 cm³/mol. The molecule has 0 atom stereocenters. The van der Waals surface area contributed by atoms with E-state index in [1.165, 1.54) is 31.4 Å². The lowest BCUT2D eigenvalue weighted by Crippen LogP contribution is -2.23. The SMILES string of the molecule is O=C([O-])c1ccc2cc(N3CCCCCC3)ccc2c1. The van der Waals surface area contributed by atoms with Crippen LogP contribution in [0.5, 0.6) is 0 Å². The third-order valence-electron chi connectivity index (χ3n) is 4.03. The van der Waals surface area contributed by atoms with Crippen LogP contribution in [0.4, 0.5) is 5.69 Å². The van der Waals surface area contributed by atoms with Crippen molar-refractivity contribution in [1.82, 2.24) is 0 Å². The lowest BCUT2D eigenvalue weighted by Gasteiger charge is -2.23. The predicted octanol–water partition coefficient (Wildman–Crippen LogP) is 2.58. The average Bonchev–Trinajstić information content (AvgIpc) is 2.75. The van der Waals surface area contributed by atoms with Crippen molar-refractivity contribution < 1.29 is 9.90 Å². The Morgan fingerprint density at radius 1 is 0.900 bits per heavy atom. The number of rotatable bonds is 2. The van der Waals surface area contributed by atoms with Gasteiger partial charge in [0, 0.05) is 18.8 Å². The average molecular weight is 268 g/mol. The van der Waals surface area contributed by atoms with Gasteiger partial charge < -0.3 is 14.8 Å². The minimum Gasteiger partial charge on any atom is -0.545 e. The highest BCUT2D eigenvalue weighted by Crippen LogP contribution is 2.25. The van der Waals surface area contributed by atoms with Crippen molar-refractivity contribution in [2.75, 3.05) is 18.0 Å². The van der Waals surface area contributed by atoms with Gasteiger partial charge in [0.15, 0.2) is 0 Å². The number of hydrogen-bond donors (Lipinski definition) is 0. The van der Waals surface area contributed by atoms with Gasteiger partial charge in [-0.15, -0.1) is 0 Å². The van der Waals surface area contributed by atoms with Crippen LogP contribution in [0.15, 0.2) is 36.4 Å². The molecule has 1 fully saturated rings. The van der Waals surface area contributed by atoms with E-state index in [9.17, 15) is 9.90 Å². The van der Waals surface area contributed by atoms with Gasteiger partial charge in [0.05, 0.1) is 5.97 Å². The van der Waals surface area contributed by atoms with Crippen LogP contribution in [0.2, 0.25) is 0 Å². The van der Waals surface area contributed by atoms with Gasteiger partial charge in [0.25, 0.3) is 0 Å². The molecule has 0 amide bonds. The molecule has 0 spiro atoms. The first-order valence-electron chi connectivity index (χ1n) is 7.24. The van der Waals surface area contributed by atoms with Crippen molar-refractivity contribution in [3.8, 4) is 0 Å². The highest BCUT2D eigenvalue weighted by atomic mass is 16.4. The first-order valence-corrected chi connectivity index (χ1v) is 7.24. The van der Waals surface area contributed by atoms with Crippen LogP contribution in [0.3, 0.4) is 0 Å². The van der Waals surface area contributed by atoms with Crippen molar-refractivity contribution >= 4 is 22.4 Å². The van der Waals surface area contributed by atoms with Crippen LogP contribution in [0.1, 0.15) is 36.0 Å². The van der Waals surface area contributed by atoms with Crippen LogP contribution < -0.4 is 10.0 Å². The van der Waals surface area contributed by atoms with Gasteiger partial charge in [-0.3, -0.25) is 0 Å². The van der Waals surface area contributed by atoms with Crippen LogP contribution in [-0.4, -0.2) is 19.1 Å². The Hall–Kier alpha value is -2.03. The fraction of sp³-hybridized carbons (Fsp3) is 0.353. The van der Waals surface area contributed by atoms with Gasteiger partial charge in [-0.1, -0.05) is 31.0 Å². The fourth-order valence-corrected chi connectivity index (χ4v) is 2.89. The molecule has 0 N–H and O–H groups in total. The largest absolute Gasteiger partial charge is 0.545 e. The number of carbonyl (C=O) groups is 1. The van der Waals surface area contributed by atoms with E-state index in [-0.39, 0.29) is 5.56 Å². The summed E-state index contributed by atoms with van der Waals surface area (Å²) in [6, 6.07) is 11.4. The normalized spacial score (nSPS) is 16.1. The molecule has 2 aromatic carbocycles. The summed E-state index contributed by atoms with van der Waals surface area (Å²) < 4.78 is 0. The second-order valence-corrected chi connectivity index (χ2v) is 5.43. The molecule has 3 rings (SSSR count). The second-order valence-electron chi connectivity index (χ2n) is 5.43. The zero-order chi connectivity index (χ0) is 13.9. The number of anilines is 1. The maximum Gasteiger partial charge on any atom is 0.0715 e. The standard InChI is InChI=1S/C17H19NO2/c19-17(20)15-6-5-14-12-16(8-7-13(14)11-15)18-9-3-1-2-4-10-18/h5-8,11-12H,1-4,9-10H2,(H,19,20)/p-1.